The Bertz CT molecular complexity index is 197. The minimum absolute atomic E-state index is 0.668. The number of thioether (sulfide) groups is 1. The number of hydrogen-bond acceptors (Lipinski definition) is 3. The lowest BCUT2D eigenvalue weighted by Gasteiger charge is -2.23. The maximum atomic E-state index is 11.0. The van der Waals surface area contributed by atoms with Gasteiger partial charge in [-0.15, -0.1) is 0 Å². The molecule has 0 aromatic rings. The summed E-state index contributed by atoms with van der Waals surface area (Å²) in [5.41, 5.74) is -0.773. The largest absolute Gasteiger partial charge is 0.480 e. The second kappa shape index (κ2) is 7.12. The maximum Gasteiger partial charge on any atom is 0.323 e. The molecule has 1 unspecified atom stereocenters. The van der Waals surface area contributed by atoms with Crippen molar-refractivity contribution in [3.8, 4) is 0 Å². The van der Waals surface area contributed by atoms with Crippen LogP contribution in [-0.4, -0.2) is 35.2 Å². The van der Waals surface area contributed by atoms with Crippen molar-refractivity contribution in [3.05, 3.63) is 0 Å². The third-order valence-electron chi connectivity index (χ3n) is 2.61. The Morgan fingerprint density at radius 2 is 2.07 bits per heavy atom. The molecule has 0 aliphatic heterocycles. The average molecular weight is 233 g/mol. The fraction of sp³-hybridized carbons (Fsp3) is 0.909. The molecule has 0 aliphatic rings. The first kappa shape index (κ1) is 14.8. The van der Waals surface area contributed by atoms with Gasteiger partial charge in [0.1, 0.15) is 5.54 Å². The van der Waals surface area contributed by atoms with Crippen molar-refractivity contribution < 1.29 is 9.90 Å². The fourth-order valence-corrected chi connectivity index (χ4v) is 2.43. The van der Waals surface area contributed by atoms with Crippen LogP contribution in [0.1, 0.15) is 33.6 Å². The highest BCUT2D eigenvalue weighted by Crippen LogP contribution is 2.16. The van der Waals surface area contributed by atoms with E-state index in [4.69, 9.17) is 5.11 Å². The molecular formula is C11H23NO2S. The van der Waals surface area contributed by atoms with Crippen molar-refractivity contribution in [2.24, 2.45) is 5.92 Å². The van der Waals surface area contributed by atoms with Gasteiger partial charge in [-0.1, -0.05) is 13.8 Å². The molecule has 0 radical (unpaired) electrons. The Labute approximate surface area is 97.0 Å². The molecule has 0 aromatic heterocycles. The Morgan fingerprint density at radius 3 is 2.47 bits per heavy atom. The number of likely N-dealkylation sites (N-methyl/N-ethyl adjacent to an activating group) is 1. The van der Waals surface area contributed by atoms with E-state index in [-0.39, 0.29) is 0 Å². The van der Waals surface area contributed by atoms with Crippen LogP contribution in [0.2, 0.25) is 0 Å². The van der Waals surface area contributed by atoms with E-state index in [2.05, 4.69) is 19.2 Å². The van der Waals surface area contributed by atoms with Crippen LogP contribution in [0.4, 0.5) is 0 Å². The van der Waals surface area contributed by atoms with Gasteiger partial charge in [-0.3, -0.25) is 4.79 Å². The topological polar surface area (TPSA) is 49.3 Å². The minimum Gasteiger partial charge on any atom is -0.480 e. The van der Waals surface area contributed by atoms with Gasteiger partial charge < -0.3 is 10.4 Å². The van der Waals surface area contributed by atoms with Crippen LogP contribution >= 0.6 is 11.8 Å². The van der Waals surface area contributed by atoms with Crippen molar-refractivity contribution >= 4 is 17.7 Å². The van der Waals surface area contributed by atoms with Crippen LogP contribution in [0.3, 0.4) is 0 Å². The van der Waals surface area contributed by atoms with Crippen molar-refractivity contribution in [1.29, 1.82) is 0 Å². The average Bonchev–Trinajstić information content (AvgIpc) is 2.16. The molecule has 4 heteroatoms. The Kier molecular flexibility index (Phi) is 7.02. The number of nitrogens with one attached hydrogen (secondary N) is 1. The van der Waals surface area contributed by atoms with Crippen LogP contribution in [-0.2, 0) is 4.79 Å². The molecule has 0 bridgehead atoms. The van der Waals surface area contributed by atoms with Crippen LogP contribution in [0.25, 0.3) is 0 Å². The van der Waals surface area contributed by atoms with E-state index in [0.29, 0.717) is 6.42 Å². The molecule has 0 aliphatic carbocycles. The summed E-state index contributed by atoms with van der Waals surface area (Å²) in [6.45, 7) is 6.14. The smallest absolute Gasteiger partial charge is 0.323 e. The van der Waals surface area contributed by atoms with Gasteiger partial charge >= 0.3 is 5.97 Å². The van der Waals surface area contributed by atoms with Crippen LogP contribution in [0.15, 0.2) is 0 Å². The van der Waals surface area contributed by atoms with Gasteiger partial charge in [-0.05, 0) is 44.2 Å². The number of carboxylic acid groups (broad SMARTS) is 1. The summed E-state index contributed by atoms with van der Waals surface area (Å²) in [4.78, 5) is 11.0. The first-order valence-corrected chi connectivity index (χ1v) is 6.58. The standard InChI is InChI=1S/C11H23NO2S/c1-9(2)5-7-15-8-6-11(3,12-4)10(13)14/h9,12H,5-8H2,1-4H3,(H,13,14). The first-order valence-electron chi connectivity index (χ1n) is 5.42. The zero-order valence-corrected chi connectivity index (χ0v) is 11.0. The molecule has 0 aromatic carbocycles. The number of carboxylic acids is 1. The third kappa shape index (κ3) is 6.05. The quantitative estimate of drug-likeness (QED) is 0.631. The number of carbonyl (C=O) groups is 1. The molecule has 0 saturated heterocycles. The Morgan fingerprint density at radius 1 is 1.47 bits per heavy atom. The van der Waals surface area contributed by atoms with Gasteiger partial charge in [0.25, 0.3) is 0 Å². The Hall–Kier alpha value is -0.220. The molecule has 2 N–H and O–H groups in total. The van der Waals surface area contributed by atoms with E-state index < -0.39 is 11.5 Å². The molecule has 15 heavy (non-hydrogen) atoms. The maximum absolute atomic E-state index is 11.0. The predicted molar refractivity (Wildman–Crippen MR) is 66.5 cm³/mol. The van der Waals surface area contributed by atoms with E-state index in [0.717, 1.165) is 17.4 Å². The molecule has 0 saturated carbocycles. The normalized spacial score (nSPS) is 15.3. The molecule has 0 fully saturated rings. The van der Waals surface area contributed by atoms with Crippen LogP contribution in [0.5, 0.6) is 0 Å². The van der Waals surface area contributed by atoms with E-state index >= 15 is 0 Å². The number of aliphatic carboxylic acids is 1. The summed E-state index contributed by atoms with van der Waals surface area (Å²) in [5.74, 6) is 1.98. The monoisotopic (exact) mass is 233 g/mol. The van der Waals surface area contributed by atoms with Crippen LogP contribution < -0.4 is 5.32 Å². The molecular weight excluding hydrogens is 210 g/mol. The zero-order chi connectivity index (χ0) is 11.9. The molecule has 1 atom stereocenters. The molecule has 90 valence electrons. The van der Waals surface area contributed by atoms with Crippen LogP contribution in [0, 0.1) is 5.92 Å². The summed E-state index contributed by atoms with van der Waals surface area (Å²) in [6.07, 6.45) is 1.87. The van der Waals surface area contributed by atoms with Gasteiger partial charge in [0.05, 0.1) is 0 Å². The molecule has 0 rings (SSSR count). The van der Waals surface area contributed by atoms with E-state index in [1.54, 1.807) is 14.0 Å². The number of hydrogen-bond donors (Lipinski definition) is 2. The van der Waals surface area contributed by atoms with Gasteiger partial charge in [-0.25, -0.2) is 0 Å². The summed E-state index contributed by atoms with van der Waals surface area (Å²) in [7, 11) is 1.70. The van der Waals surface area contributed by atoms with Gasteiger partial charge in [0.2, 0.25) is 0 Å². The highest BCUT2D eigenvalue weighted by molar-refractivity contribution is 7.99. The summed E-state index contributed by atoms with van der Waals surface area (Å²) in [5, 5.41) is 11.9. The lowest BCUT2D eigenvalue weighted by molar-refractivity contribution is -0.144. The van der Waals surface area contributed by atoms with Gasteiger partial charge in [-0.2, -0.15) is 11.8 Å². The lowest BCUT2D eigenvalue weighted by atomic mass is 10.00. The van der Waals surface area contributed by atoms with Crippen molar-refractivity contribution in [1.82, 2.24) is 5.32 Å². The van der Waals surface area contributed by atoms with Gasteiger partial charge in [0, 0.05) is 0 Å². The molecule has 0 spiro atoms. The minimum atomic E-state index is -0.773. The number of rotatable bonds is 8. The summed E-state index contributed by atoms with van der Waals surface area (Å²) in [6, 6.07) is 0. The lowest BCUT2D eigenvalue weighted by Crippen LogP contribution is -2.47. The van der Waals surface area contributed by atoms with Crippen molar-refractivity contribution in [3.63, 3.8) is 0 Å². The second-order valence-electron chi connectivity index (χ2n) is 4.43. The second-order valence-corrected chi connectivity index (χ2v) is 5.66. The molecule has 0 amide bonds. The van der Waals surface area contributed by atoms with E-state index in [1.165, 1.54) is 6.42 Å². The zero-order valence-electron chi connectivity index (χ0n) is 10.2. The molecule has 3 nitrogen and oxygen atoms in total. The van der Waals surface area contributed by atoms with E-state index in [1.807, 2.05) is 11.8 Å². The summed E-state index contributed by atoms with van der Waals surface area (Å²) >= 11 is 1.84. The van der Waals surface area contributed by atoms with Gasteiger partial charge in [0.15, 0.2) is 0 Å². The predicted octanol–water partition coefficient (Wildman–Crippen LogP) is 2.22. The first-order chi connectivity index (χ1) is 6.92. The molecule has 0 heterocycles. The highest BCUT2D eigenvalue weighted by atomic mass is 32.2. The third-order valence-corrected chi connectivity index (χ3v) is 3.63. The fourth-order valence-electron chi connectivity index (χ4n) is 1.04. The SMILES string of the molecule is CNC(C)(CCSCCC(C)C)C(=O)O. The van der Waals surface area contributed by atoms with Crippen molar-refractivity contribution in [2.75, 3.05) is 18.6 Å². The summed E-state index contributed by atoms with van der Waals surface area (Å²) < 4.78 is 0. The van der Waals surface area contributed by atoms with Crippen molar-refractivity contribution in [2.45, 2.75) is 39.2 Å². The van der Waals surface area contributed by atoms with E-state index in [9.17, 15) is 4.79 Å². The highest BCUT2D eigenvalue weighted by Gasteiger charge is 2.30. The Balaban J connectivity index is 3.69.